The van der Waals surface area contributed by atoms with Crippen LogP contribution in [0, 0.1) is 12.3 Å². The van der Waals surface area contributed by atoms with Crippen LogP contribution in [0.4, 0.5) is 0 Å². The average molecular weight is 238 g/mol. The maximum Gasteiger partial charge on any atom is 0.102 e. The summed E-state index contributed by atoms with van der Waals surface area (Å²) in [7, 11) is 0. The van der Waals surface area contributed by atoms with Crippen molar-refractivity contribution in [2.24, 2.45) is 0 Å². The van der Waals surface area contributed by atoms with Crippen molar-refractivity contribution >= 4 is 0 Å². The van der Waals surface area contributed by atoms with Gasteiger partial charge in [-0.1, -0.05) is 5.92 Å². The molecule has 2 heterocycles. The van der Waals surface area contributed by atoms with Crippen LogP contribution in [0.15, 0.2) is 0 Å². The molecule has 2 saturated heterocycles. The summed E-state index contributed by atoms with van der Waals surface area (Å²) >= 11 is 0. The van der Waals surface area contributed by atoms with E-state index in [1.165, 1.54) is 0 Å². The number of rotatable bonds is 4. The van der Waals surface area contributed by atoms with E-state index < -0.39 is 5.60 Å². The van der Waals surface area contributed by atoms with Crippen molar-refractivity contribution in [3.63, 3.8) is 0 Å². The molecule has 0 saturated carbocycles. The first-order chi connectivity index (χ1) is 8.22. The monoisotopic (exact) mass is 238 g/mol. The number of terminal acetylenes is 1. The van der Waals surface area contributed by atoms with Crippen LogP contribution in [0.2, 0.25) is 0 Å². The molecule has 0 amide bonds. The molecular weight excluding hydrogens is 216 g/mol. The van der Waals surface area contributed by atoms with Gasteiger partial charge in [-0.2, -0.15) is 0 Å². The summed E-state index contributed by atoms with van der Waals surface area (Å²) in [6.07, 6.45) is 8.26. The van der Waals surface area contributed by atoms with Crippen molar-refractivity contribution in [1.29, 1.82) is 0 Å². The van der Waals surface area contributed by atoms with Crippen molar-refractivity contribution in [3.8, 4) is 12.3 Å². The number of hydrogen-bond acceptors (Lipinski definition) is 4. The van der Waals surface area contributed by atoms with E-state index in [2.05, 4.69) is 16.1 Å². The van der Waals surface area contributed by atoms with Crippen LogP contribution >= 0.6 is 0 Å². The number of likely N-dealkylation sites (tertiary alicyclic amines) is 1. The molecule has 96 valence electrons. The molecule has 17 heavy (non-hydrogen) atoms. The number of hydrogen-bond donors (Lipinski definition) is 2. The Kier molecular flexibility index (Phi) is 4.41. The normalized spacial score (nSPS) is 31.5. The maximum atomic E-state index is 10.1. The molecule has 2 aliphatic rings. The second kappa shape index (κ2) is 5.83. The van der Waals surface area contributed by atoms with E-state index in [0.717, 1.165) is 38.9 Å². The summed E-state index contributed by atoms with van der Waals surface area (Å²) in [5.74, 6) is 2.68. The highest BCUT2D eigenvalue weighted by Gasteiger charge is 2.32. The third-order valence-corrected chi connectivity index (χ3v) is 3.70. The van der Waals surface area contributed by atoms with Crippen molar-refractivity contribution in [3.05, 3.63) is 0 Å². The first-order valence-electron chi connectivity index (χ1n) is 6.41. The number of ether oxygens (including phenoxy) is 1. The molecule has 4 nitrogen and oxygen atoms in total. The fourth-order valence-electron chi connectivity index (χ4n) is 2.49. The van der Waals surface area contributed by atoms with Gasteiger partial charge < -0.3 is 15.2 Å². The highest BCUT2D eigenvalue weighted by molar-refractivity contribution is 4.91. The molecule has 1 unspecified atom stereocenters. The average Bonchev–Trinajstić information content (AvgIpc) is 2.76. The van der Waals surface area contributed by atoms with Crippen LogP contribution < -0.4 is 5.32 Å². The number of aliphatic hydroxyl groups is 1. The Balaban J connectivity index is 1.66. The molecule has 0 bridgehead atoms. The van der Waals surface area contributed by atoms with Gasteiger partial charge in [0.05, 0.1) is 13.2 Å². The van der Waals surface area contributed by atoms with E-state index in [1.54, 1.807) is 0 Å². The van der Waals surface area contributed by atoms with E-state index in [1.807, 2.05) is 0 Å². The van der Waals surface area contributed by atoms with Gasteiger partial charge in [0.1, 0.15) is 5.60 Å². The lowest BCUT2D eigenvalue weighted by Crippen LogP contribution is -2.48. The van der Waals surface area contributed by atoms with Gasteiger partial charge in [-0.05, 0) is 12.8 Å². The molecular formula is C13H22N2O2. The molecule has 0 aromatic rings. The molecule has 2 N–H and O–H groups in total. The number of nitrogens with zero attached hydrogens (tertiary/aromatic N) is 1. The zero-order valence-corrected chi connectivity index (χ0v) is 10.3. The molecule has 2 fully saturated rings. The molecule has 0 radical (unpaired) electrons. The Bertz CT molecular complexity index is 274. The van der Waals surface area contributed by atoms with Gasteiger partial charge in [0.2, 0.25) is 0 Å². The summed E-state index contributed by atoms with van der Waals surface area (Å²) in [6, 6.07) is 0.508. The number of nitrogens with one attached hydrogen (secondary N) is 1. The Hall–Kier alpha value is -0.600. The second-order valence-corrected chi connectivity index (χ2v) is 5.16. The Morgan fingerprint density at radius 1 is 1.47 bits per heavy atom. The minimum Gasteiger partial charge on any atom is -0.386 e. The third kappa shape index (κ3) is 3.68. The first kappa shape index (κ1) is 12.8. The fraction of sp³-hybridized carbons (Fsp3) is 0.846. The lowest BCUT2D eigenvalue weighted by Gasteiger charge is -2.33. The number of piperidine rings is 1. The van der Waals surface area contributed by atoms with Crippen LogP contribution in [0.1, 0.15) is 19.3 Å². The van der Waals surface area contributed by atoms with Crippen molar-refractivity contribution in [2.75, 3.05) is 39.4 Å². The molecule has 4 heteroatoms. The van der Waals surface area contributed by atoms with E-state index in [-0.39, 0.29) is 0 Å². The summed E-state index contributed by atoms with van der Waals surface area (Å²) < 4.78 is 5.23. The Labute approximate surface area is 103 Å². The van der Waals surface area contributed by atoms with Gasteiger partial charge in [0, 0.05) is 38.7 Å². The first-order valence-corrected chi connectivity index (χ1v) is 6.41. The topological polar surface area (TPSA) is 44.7 Å². The van der Waals surface area contributed by atoms with Gasteiger partial charge in [0.15, 0.2) is 0 Å². The van der Waals surface area contributed by atoms with Gasteiger partial charge in [-0.15, -0.1) is 6.42 Å². The molecule has 0 aromatic heterocycles. The van der Waals surface area contributed by atoms with Gasteiger partial charge >= 0.3 is 0 Å². The van der Waals surface area contributed by atoms with E-state index in [9.17, 15) is 5.11 Å². The zero-order valence-electron chi connectivity index (χ0n) is 10.3. The van der Waals surface area contributed by atoms with E-state index in [4.69, 9.17) is 11.2 Å². The summed E-state index contributed by atoms with van der Waals surface area (Å²) in [5.41, 5.74) is -0.643. The lowest BCUT2D eigenvalue weighted by atomic mass is 10.0. The largest absolute Gasteiger partial charge is 0.386 e. The summed E-state index contributed by atoms with van der Waals surface area (Å²) in [4.78, 5) is 2.30. The van der Waals surface area contributed by atoms with Crippen LogP contribution in [0.5, 0.6) is 0 Å². The predicted molar refractivity (Wildman–Crippen MR) is 66.7 cm³/mol. The quantitative estimate of drug-likeness (QED) is 0.667. The molecule has 1 atom stereocenters. The minimum atomic E-state index is -0.643. The Morgan fingerprint density at radius 3 is 2.82 bits per heavy atom. The van der Waals surface area contributed by atoms with Crippen molar-refractivity contribution in [2.45, 2.75) is 30.9 Å². The van der Waals surface area contributed by atoms with Gasteiger partial charge in [-0.3, -0.25) is 4.90 Å². The summed E-state index contributed by atoms with van der Waals surface area (Å²) in [6.45, 7) is 4.65. The lowest BCUT2D eigenvalue weighted by molar-refractivity contribution is 0.0228. The van der Waals surface area contributed by atoms with Crippen molar-refractivity contribution < 1.29 is 9.84 Å². The highest BCUT2D eigenvalue weighted by Crippen LogP contribution is 2.18. The minimum absolute atomic E-state index is 0.468. The van der Waals surface area contributed by atoms with E-state index >= 15 is 0 Å². The Morgan fingerprint density at radius 2 is 2.24 bits per heavy atom. The van der Waals surface area contributed by atoms with Crippen LogP contribution in [-0.2, 0) is 4.74 Å². The molecule has 2 aliphatic heterocycles. The van der Waals surface area contributed by atoms with Crippen LogP contribution in [0.3, 0.4) is 0 Å². The third-order valence-electron chi connectivity index (χ3n) is 3.70. The van der Waals surface area contributed by atoms with Crippen LogP contribution in [0.25, 0.3) is 0 Å². The molecule has 0 spiro atoms. The predicted octanol–water partition coefficient (Wildman–Crippen LogP) is -0.175. The standard InChI is InChI=1S/C13H22N2O2/c1-2-6-15-7-3-12(4-8-15)14-10-13(16)5-9-17-11-13/h1,12,14,16H,3-11H2. The SMILES string of the molecule is C#CCN1CCC(NCC2(O)CCOC2)CC1. The van der Waals surface area contributed by atoms with Crippen LogP contribution in [-0.4, -0.2) is 61.0 Å². The fourth-order valence-corrected chi connectivity index (χ4v) is 2.49. The second-order valence-electron chi connectivity index (χ2n) is 5.16. The highest BCUT2D eigenvalue weighted by atomic mass is 16.5. The summed E-state index contributed by atoms with van der Waals surface area (Å²) in [5, 5.41) is 13.6. The zero-order chi connectivity index (χ0) is 12.1. The molecule has 0 aromatic carbocycles. The van der Waals surface area contributed by atoms with Gasteiger partial charge in [-0.25, -0.2) is 0 Å². The maximum absolute atomic E-state index is 10.1. The molecule has 0 aliphatic carbocycles. The van der Waals surface area contributed by atoms with Crippen molar-refractivity contribution in [1.82, 2.24) is 10.2 Å². The molecule has 2 rings (SSSR count). The smallest absolute Gasteiger partial charge is 0.102 e. The van der Waals surface area contributed by atoms with Gasteiger partial charge in [0.25, 0.3) is 0 Å². The van der Waals surface area contributed by atoms with E-state index in [0.29, 0.717) is 25.8 Å².